The molecule has 2 atom stereocenters. The van der Waals surface area contributed by atoms with Crippen LogP contribution in [0.3, 0.4) is 0 Å². The second-order valence-corrected chi connectivity index (χ2v) is 6.48. The number of Topliss-reactive ketones (excluding diaryl/α,β-unsaturated/α-hetero) is 1. The zero-order chi connectivity index (χ0) is 10.8. The van der Waals surface area contributed by atoms with Crippen LogP contribution in [0.25, 0.3) is 0 Å². The number of sulfone groups is 1. The molecule has 0 saturated carbocycles. The molecule has 0 radical (unpaired) electrons. The molecule has 0 amide bonds. The molecule has 14 heavy (non-hydrogen) atoms. The molecular weight excluding hydrogens is 200 g/mol. The lowest BCUT2D eigenvalue weighted by Crippen LogP contribution is -2.16. The molecule has 0 aromatic heterocycles. The van der Waals surface area contributed by atoms with Crippen molar-refractivity contribution in [2.75, 3.05) is 11.5 Å². The molecule has 0 N–H and O–H groups in total. The zero-order valence-electron chi connectivity index (χ0n) is 8.82. The van der Waals surface area contributed by atoms with Gasteiger partial charge < -0.3 is 0 Å². The Morgan fingerprint density at radius 2 is 2.14 bits per heavy atom. The minimum Gasteiger partial charge on any atom is -0.299 e. The van der Waals surface area contributed by atoms with Crippen LogP contribution in [-0.4, -0.2) is 25.7 Å². The van der Waals surface area contributed by atoms with Gasteiger partial charge in [-0.05, 0) is 18.8 Å². The summed E-state index contributed by atoms with van der Waals surface area (Å²) in [6.45, 7) is 3.89. The Labute approximate surface area is 85.8 Å². The molecule has 1 fully saturated rings. The summed E-state index contributed by atoms with van der Waals surface area (Å²) < 4.78 is 22.3. The van der Waals surface area contributed by atoms with E-state index in [0.29, 0.717) is 12.8 Å². The SMILES string of the molecule is CCC(C)C(=O)CC1CCS(=O)(=O)C1. The third-order valence-electron chi connectivity index (χ3n) is 2.98. The molecule has 1 rings (SSSR count). The van der Waals surface area contributed by atoms with Crippen molar-refractivity contribution >= 4 is 15.6 Å². The van der Waals surface area contributed by atoms with Gasteiger partial charge in [-0.15, -0.1) is 0 Å². The van der Waals surface area contributed by atoms with E-state index in [4.69, 9.17) is 0 Å². The van der Waals surface area contributed by atoms with Gasteiger partial charge in [-0.3, -0.25) is 4.79 Å². The first kappa shape index (κ1) is 11.7. The van der Waals surface area contributed by atoms with E-state index in [9.17, 15) is 13.2 Å². The highest BCUT2D eigenvalue weighted by Crippen LogP contribution is 2.23. The molecule has 3 nitrogen and oxygen atoms in total. The van der Waals surface area contributed by atoms with Crippen LogP contribution < -0.4 is 0 Å². The highest BCUT2D eigenvalue weighted by Gasteiger charge is 2.30. The van der Waals surface area contributed by atoms with E-state index >= 15 is 0 Å². The fraction of sp³-hybridized carbons (Fsp3) is 0.900. The van der Waals surface area contributed by atoms with Gasteiger partial charge in [0.25, 0.3) is 0 Å². The summed E-state index contributed by atoms with van der Waals surface area (Å²) in [5, 5.41) is 0. The smallest absolute Gasteiger partial charge is 0.150 e. The lowest BCUT2D eigenvalue weighted by atomic mass is 9.94. The second kappa shape index (κ2) is 4.43. The number of ketones is 1. The summed E-state index contributed by atoms with van der Waals surface area (Å²) in [5.41, 5.74) is 0. The Kier molecular flexibility index (Phi) is 3.70. The van der Waals surface area contributed by atoms with Crippen molar-refractivity contribution in [1.82, 2.24) is 0 Å². The summed E-state index contributed by atoms with van der Waals surface area (Å²) >= 11 is 0. The first-order valence-electron chi connectivity index (χ1n) is 5.17. The van der Waals surface area contributed by atoms with Crippen LogP contribution >= 0.6 is 0 Å². The molecule has 0 aromatic rings. The van der Waals surface area contributed by atoms with Crippen molar-refractivity contribution in [3.63, 3.8) is 0 Å². The summed E-state index contributed by atoms with van der Waals surface area (Å²) in [7, 11) is -2.83. The summed E-state index contributed by atoms with van der Waals surface area (Å²) in [5.74, 6) is 0.870. The quantitative estimate of drug-likeness (QED) is 0.717. The van der Waals surface area contributed by atoms with Gasteiger partial charge in [0.15, 0.2) is 9.84 Å². The first-order valence-corrected chi connectivity index (χ1v) is 7.00. The predicted octanol–water partition coefficient (Wildman–Crippen LogP) is 1.43. The van der Waals surface area contributed by atoms with Crippen LogP contribution in [0.2, 0.25) is 0 Å². The Morgan fingerprint density at radius 3 is 2.57 bits per heavy atom. The lowest BCUT2D eigenvalue weighted by molar-refractivity contribution is -0.123. The van der Waals surface area contributed by atoms with Crippen LogP contribution in [0.5, 0.6) is 0 Å². The van der Waals surface area contributed by atoms with Crippen LogP contribution in [0, 0.1) is 11.8 Å². The van der Waals surface area contributed by atoms with Crippen LogP contribution in [0.4, 0.5) is 0 Å². The summed E-state index contributed by atoms with van der Waals surface area (Å²) in [4.78, 5) is 11.5. The van der Waals surface area contributed by atoms with Crippen molar-refractivity contribution in [2.45, 2.75) is 33.1 Å². The molecule has 1 aliphatic heterocycles. The highest BCUT2D eigenvalue weighted by molar-refractivity contribution is 7.91. The normalized spacial score (nSPS) is 27.4. The van der Waals surface area contributed by atoms with E-state index in [1.165, 1.54) is 0 Å². The minimum absolute atomic E-state index is 0.0818. The molecule has 2 unspecified atom stereocenters. The fourth-order valence-corrected chi connectivity index (χ4v) is 3.61. The first-order chi connectivity index (χ1) is 6.44. The average Bonchev–Trinajstić information content (AvgIpc) is 2.44. The predicted molar refractivity (Wildman–Crippen MR) is 55.8 cm³/mol. The van der Waals surface area contributed by atoms with Crippen molar-refractivity contribution in [3.8, 4) is 0 Å². The molecular formula is C10H18O3S. The van der Waals surface area contributed by atoms with Crippen molar-refractivity contribution in [3.05, 3.63) is 0 Å². The molecule has 1 saturated heterocycles. The maximum atomic E-state index is 11.5. The van der Waals surface area contributed by atoms with E-state index in [1.807, 2.05) is 13.8 Å². The van der Waals surface area contributed by atoms with E-state index in [2.05, 4.69) is 0 Å². The lowest BCUT2D eigenvalue weighted by Gasteiger charge is -2.10. The number of rotatable bonds is 4. The van der Waals surface area contributed by atoms with Crippen molar-refractivity contribution < 1.29 is 13.2 Å². The van der Waals surface area contributed by atoms with Gasteiger partial charge in [-0.2, -0.15) is 0 Å². The number of carbonyl (C=O) groups excluding carboxylic acids is 1. The molecule has 0 aromatic carbocycles. The van der Waals surface area contributed by atoms with Gasteiger partial charge in [-0.25, -0.2) is 8.42 Å². The molecule has 0 bridgehead atoms. The second-order valence-electron chi connectivity index (χ2n) is 4.25. The largest absolute Gasteiger partial charge is 0.299 e. The molecule has 82 valence electrons. The highest BCUT2D eigenvalue weighted by atomic mass is 32.2. The van der Waals surface area contributed by atoms with E-state index in [1.54, 1.807) is 0 Å². The van der Waals surface area contributed by atoms with E-state index < -0.39 is 9.84 Å². The van der Waals surface area contributed by atoms with Crippen molar-refractivity contribution in [2.24, 2.45) is 11.8 Å². The fourth-order valence-electron chi connectivity index (χ4n) is 1.75. The number of hydrogen-bond acceptors (Lipinski definition) is 3. The number of hydrogen-bond donors (Lipinski definition) is 0. The molecule has 1 aliphatic rings. The Hall–Kier alpha value is -0.380. The maximum Gasteiger partial charge on any atom is 0.150 e. The Morgan fingerprint density at radius 1 is 1.50 bits per heavy atom. The van der Waals surface area contributed by atoms with Crippen LogP contribution in [0.15, 0.2) is 0 Å². The Balaban J connectivity index is 2.44. The third kappa shape index (κ3) is 3.08. The summed E-state index contributed by atoms with van der Waals surface area (Å²) in [6.07, 6.45) is 1.97. The molecule has 1 heterocycles. The van der Waals surface area contributed by atoms with Gasteiger partial charge >= 0.3 is 0 Å². The summed E-state index contributed by atoms with van der Waals surface area (Å²) in [6, 6.07) is 0. The topological polar surface area (TPSA) is 51.2 Å². The molecule has 0 aliphatic carbocycles. The minimum atomic E-state index is -2.83. The van der Waals surface area contributed by atoms with Gasteiger partial charge in [0.1, 0.15) is 5.78 Å². The molecule has 0 spiro atoms. The van der Waals surface area contributed by atoms with Gasteiger partial charge in [0.05, 0.1) is 11.5 Å². The Bertz CT molecular complexity index is 305. The van der Waals surface area contributed by atoms with Crippen molar-refractivity contribution in [1.29, 1.82) is 0 Å². The maximum absolute atomic E-state index is 11.5. The van der Waals surface area contributed by atoms with Gasteiger partial charge in [0.2, 0.25) is 0 Å². The van der Waals surface area contributed by atoms with Crippen LogP contribution in [0.1, 0.15) is 33.1 Å². The monoisotopic (exact) mass is 218 g/mol. The van der Waals surface area contributed by atoms with Gasteiger partial charge in [-0.1, -0.05) is 13.8 Å². The third-order valence-corrected chi connectivity index (χ3v) is 4.82. The standard InChI is InChI=1S/C10H18O3S/c1-3-8(2)10(11)6-9-4-5-14(12,13)7-9/h8-9H,3-7H2,1-2H3. The van der Waals surface area contributed by atoms with E-state index in [-0.39, 0.29) is 29.1 Å². The van der Waals surface area contributed by atoms with Gasteiger partial charge in [0, 0.05) is 12.3 Å². The van der Waals surface area contributed by atoms with E-state index in [0.717, 1.165) is 6.42 Å². The van der Waals surface area contributed by atoms with Crippen LogP contribution in [-0.2, 0) is 14.6 Å². The number of carbonyl (C=O) groups is 1. The molecule has 4 heteroatoms. The average molecular weight is 218 g/mol. The zero-order valence-corrected chi connectivity index (χ0v) is 9.64.